The Balaban J connectivity index is 1.84. The van der Waals surface area contributed by atoms with Crippen LogP contribution >= 0.6 is 0 Å². The smallest absolute Gasteiger partial charge is 0.297 e. The summed E-state index contributed by atoms with van der Waals surface area (Å²) in [5.74, 6) is 0. The molecule has 36 heavy (non-hydrogen) atoms. The van der Waals surface area contributed by atoms with Gasteiger partial charge in [0.05, 0.1) is 84.2 Å². The van der Waals surface area contributed by atoms with Crippen LogP contribution in [0, 0.1) is 6.92 Å². The van der Waals surface area contributed by atoms with E-state index in [0.29, 0.717) is 66.1 Å². The van der Waals surface area contributed by atoms with Crippen molar-refractivity contribution in [3.8, 4) is 0 Å². The molecule has 0 radical (unpaired) electrons. The molecule has 0 spiro atoms. The van der Waals surface area contributed by atoms with E-state index in [2.05, 4.69) is 33.9 Å². The fourth-order valence-corrected chi connectivity index (χ4v) is 4.45. The largest absolute Gasteiger partial charge is 0.414 e. The molecule has 9 nitrogen and oxygen atoms in total. The van der Waals surface area contributed by atoms with Gasteiger partial charge in [0.25, 0.3) is 10.1 Å². The third kappa shape index (κ3) is 14.7. The summed E-state index contributed by atoms with van der Waals surface area (Å²) in [7, 11) is -5.46. The van der Waals surface area contributed by atoms with Gasteiger partial charge in [-0.1, -0.05) is 38.5 Å². The van der Waals surface area contributed by atoms with Crippen LogP contribution < -0.4 is 0 Å². The van der Waals surface area contributed by atoms with E-state index in [9.17, 15) is 8.42 Å². The summed E-state index contributed by atoms with van der Waals surface area (Å²) < 4.78 is 62.3. The zero-order valence-electron chi connectivity index (χ0n) is 22.9. The molecule has 0 aliphatic rings. The topological polar surface area (TPSA) is 98.8 Å². The van der Waals surface area contributed by atoms with Crippen molar-refractivity contribution in [3.63, 3.8) is 0 Å². The minimum absolute atomic E-state index is 0.0466. The van der Waals surface area contributed by atoms with Gasteiger partial charge in [0.15, 0.2) is 8.32 Å². The van der Waals surface area contributed by atoms with Gasteiger partial charge < -0.3 is 28.1 Å². The minimum Gasteiger partial charge on any atom is -0.414 e. The van der Waals surface area contributed by atoms with Crippen molar-refractivity contribution in [2.75, 3.05) is 79.3 Å². The predicted molar refractivity (Wildman–Crippen MR) is 142 cm³/mol. The summed E-state index contributed by atoms with van der Waals surface area (Å²) in [5, 5.41) is 0.208. The first kappa shape index (κ1) is 33.1. The fraction of sp³-hybridized carbons (Fsp3) is 0.760. The highest BCUT2D eigenvalue weighted by atomic mass is 32.2. The average molecular weight is 551 g/mol. The lowest BCUT2D eigenvalue weighted by Gasteiger charge is -2.36. The van der Waals surface area contributed by atoms with Crippen LogP contribution in [-0.4, -0.2) is 96.0 Å². The molecule has 1 rings (SSSR count). The van der Waals surface area contributed by atoms with Crippen molar-refractivity contribution in [1.82, 2.24) is 0 Å². The van der Waals surface area contributed by atoms with E-state index in [1.807, 2.05) is 6.92 Å². The SMILES string of the molecule is Cc1ccc(S(=O)(=O)OCCOCCOCCOCCOCCOCCO[Si](C)(C)C(C)(C)C)cc1. The van der Waals surface area contributed by atoms with Gasteiger partial charge >= 0.3 is 0 Å². The van der Waals surface area contributed by atoms with Crippen molar-refractivity contribution in [1.29, 1.82) is 0 Å². The second-order valence-electron chi connectivity index (χ2n) is 9.76. The summed E-state index contributed by atoms with van der Waals surface area (Å²) in [6.45, 7) is 18.0. The van der Waals surface area contributed by atoms with Gasteiger partial charge in [-0.15, -0.1) is 0 Å². The normalized spacial score (nSPS) is 12.8. The molecular formula is C25H46O9SSi. The summed E-state index contributed by atoms with van der Waals surface area (Å²) in [6.07, 6.45) is 0. The van der Waals surface area contributed by atoms with Gasteiger partial charge in [-0.2, -0.15) is 8.42 Å². The quantitative estimate of drug-likeness (QED) is 0.129. The van der Waals surface area contributed by atoms with Gasteiger partial charge in [0.1, 0.15) is 0 Å². The maximum Gasteiger partial charge on any atom is 0.297 e. The average Bonchev–Trinajstić information content (AvgIpc) is 2.80. The summed E-state index contributed by atoms with van der Waals surface area (Å²) in [4.78, 5) is 0.137. The number of benzene rings is 1. The Kier molecular flexibility index (Phi) is 16.2. The lowest BCUT2D eigenvalue weighted by atomic mass is 10.2. The molecule has 0 saturated carbocycles. The Hall–Kier alpha value is -0.893. The standard InChI is InChI=1S/C25H46O9SSi/c1-23-7-9-24(10-8-23)35(26,27)33-21-19-31-17-15-29-13-11-28-12-14-30-16-18-32-20-22-34-36(5,6)25(2,3)4/h7-10H,11-22H2,1-6H3. The van der Waals surface area contributed by atoms with E-state index >= 15 is 0 Å². The highest BCUT2D eigenvalue weighted by Gasteiger charge is 2.36. The van der Waals surface area contributed by atoms with E-state index in [-0.39, 0.29) is 23.1 Å². The second kappa shape index (κ2) is 17.6. The van der Waals surface area contributed by atoms with Crippen LogP contribution in [0.2, 0.25) is 18.1 Å². The highest BCUT2D eigenvalue weighted by molar-refractivity contribution is 7.86. The number of hydrogen-bond acceptors (Lipinski definition) is 9. The van der Waals surface area contributed by atoms with E-state index < -0.39 is 18.4 Å². The molecule has 0 aromatic heterocycles. The number of hydrogen-bond donors (Lipinski definition) is 0. The summed E-state index contributed by atoms with van der Waals surface area (Å²) >= 11 is 0. The van der Waals surface area contributed by atoms with Crippen LogP contribution in [-0.2, 0) is 42.4 Å². The Morgan fingerprint density at radius 3 is 1.39 bits per heavy atom. The predicted octanol–water partition coefficient (Wildman–Crippen LogP) is 3.81. The van der Waals surface area contributed by atoms with Crippen molar-refractivity contribution in [3.05, 3.63) is 29.8 Å². The lowest BCUT2D eigenvalue weighted by molar-refractivity contribution is -0.0143. The van der Waals surface area contributed by atoms with Gasteiger partial charge in [-0.25, -0.2) is 0 Å². The van der Waals surface area contributed by atoms with Gasteiger partial charge in [0.2, 0.25) is 0 Å². The Morgan fingerprint density at radius 1 is 0.639 bits per heavy atom. The monoisotopic (exact) mass is 550 g/mol. The van der Waals surface area contributed by atoms with Gasteiger partial charge in [-0.3, -0.25) is 4.18 Å². The molecule has 0 aliphatic heterocycles. The molecule has 0 atom stereocenters. The minimum atomic E-state index is -3.76. The van der Waals surface area contributed by atoms with Crippen molar-refractivity contribution in [2.24, 2.45) is 0 Å². The van der Waals surface area contributed by atoms with Crippen molar-refractivity contribution in [2.45, 2.75) is 50.7 Å². The zero-order valence-corrected chi connectivity index (χ0v) is 24.7. The molecule has 210 valence electrons. The van der Waals surface area contributed by atoms with Crippen LogP contribution in [0.25, 0.3) is 0 Å². The van der Waals surface area contributed by atoms with E-state index in [0.717, 1.165) is 5.56 Å². The number of ether oxygens (including phenoxy) is 5. The Bertz CT molecular complexity index is 793. The van der Waals surface area contributed by atoms with E-state index in [4.69, 9.17) is 32.3 Å². The maximum atomic E-state index is 12.0. The first-order valence-corrected chi connectivity index (χ1v) is 16.8. The van der Waals surface area contributed by atoms with Gasteiger partial charge in [0, 0.05) is 0 Å². The molecule has 0 heterocycles. The zero-order chi connectivity index (χ0) is 26.9. The lowest BCUT2D eigenvalue weighted by Crippen LogP contribution is -2.41. The van der Waals surface area contributed by atoms with Crippen LogP contribution in [0.4, 0.5) is 0 Å². The fourth-order valence-electron chi connectivity index (χ4n) is 2.53. The molecule has 1 aromatic rings. The van der Waals surface area contributed by atoms with Crippen LogP contribution in [0.5, 0.6) is 0 Å². The van der Waals surface area contributed by atoms with Gasteiger partial charge in [-0.05, 0) is 37.2 Å². The van der Waals surface area contributed by atoms with Crippen molar-refractivity contribution >= 4 is 18.4 Å². The molecule has 11 heteroatoms. The van der Waals surface area contributed by atoms with Crippen LogP contribution in [0.1, 0.15) is 26.3 Å². The van der Waals surface area contributed by atoms with Crippen LogP contribution in [0.3, 0.4) is 0 Å². The van der Waals surface area contributed by atoms with E-state index in [1.165, 1.54) is 12.1 Å². The molecule has 0 aliphatic carbocycles. The summed E-state index contributed by atoms with van der Waals surface area (Å²) in [5.41, 5.74) is 0.982. The van der Waals surface area contributed by atoms with Crippen LogP contribution in [0.15, 0.2) is 29.2 Å². The molecule has 0 fully saturated rings. The second-order valence-corrected chi connectivity index (χ2v) is 16.2. The Morgan fingerprint density at radius 2 is 1.00 bits per heavy atom. The molecule has 0 bridgehead atoms. The third-order valence-electron chi connectivity index (χ3n) is 5.76. The highest BCUT2D eigenvalue weighted by Crippen LogP contribution is 2.36. The number of aryl methyl sites for hydroxylation is 1. The molecule has 1 aromatic carbocycles. The Labute approximate surface area is 218 Å². The molecule has 0 amide bonds. The number of rotatable bonds is 21. The first-order valence-electron chi connectivity index (χ1n) is 12.4. The van der Waals surface area contributed by atoms with E-state index in [1.54, 1.807) is 12.1 Å². The maximum absolute atomic E-state index is 12.0. The first-order chi connectivity index (χ1) is 17.0. The molecule has 0 N–H and O–H groups in total. The molecule has 0 saturated heterocycles. The molecular weight excluding hydrogens is 504 g/mol. The third-order valence-corrected chi connectivity index (χ3v) is 11.6. The van der Waals surface area contributed by atoms with Crippen molar-refractivity contribution < 1.29 is 40.7 Å². The molecule has 0 unspecified atom stereocenters. The summed E-state index contributed by atoms with van der Waals surface area (Å²) in [6, 6.07) is 6.50.